The SMILES string of the molecule is O=C(NCCCc1nc2c(s1)CCCC2)C1CCN(C(=O)c2ccc(F)cc2)CC1. The number of benzene rings is 1. The number of nitrogens with zero attached hydrogens (tertiary/aromatic N) is 2. The van der Waals surface area contributed by atoms with Gasteiger partial charge in [-0.3, -0.25) is 9.59 Å². The molecule has 0 unspecified atom stereocenters. The molecule has 0 radical (unpaired) electrons. The average molecular weight is 430 g/mol. The van der Waals surface area contributed by atoms with Crippen LogP contribution in [0.25, 0.3) is 0 Å². The van der Waals surface area contributed by atoms with Crippen molar-refractivity contribution in [1.29, 1.82) is 0 Å². The van der Waals surface area contributed by atoms with Gasteiger partial charge in [-0.05, 0) is 69.2 Å². The Morgan fingerprint density at radius 1 is 1.13 bits per heavy atom. The summed E-state index contributed by atoms with van der Waals surface area (Å²) in [5, 5.41) is 4.26. The Morgan fingerprint density at radius 2 is 1.87 bits per heavy atom. The van der Waals surface area contributed by atoms with E-state index in [1.54, 1.807) is 4.90 Å². The van der Waals surface area contributed by atoms with Gasteiger partial charge in [-0.2, -0.15) is 0 Å². The van der Waals surface area contributed by atoms with Crippen LogP contribution in [0, 0.1) is 11.7 Å². The molecule has 0 spiro atoms. The van der Waals surface area contributed by atoms with Gasteiger partial charge in [0.1, 0.15) is 5.82 Å². The lowest BCUT2D eigenvalue weighted by Gasteiger charge is -2.31. The van der Waals surface area contributed by atoms with Crippen molar-refractivity contribution in [2.75, 3.05) is 19.6 Å². The van der Waals surface area contributed by atoms with E-state index in [1.807, 2.05) is 11.3 Å². The van der Waals surface area contributed by atoms with Gasteiger partial charge in [-0.1, -0.05) is 0 Å². The lowest BCUT2D eigenvalue weighted by Crippen LogP contribution is -2.43. The molecule has 2 amide bonds. The van der Waals surface area contributed by atoms with Crippen LogP contribution in [-0.4, -0.2) is 41.3 Å². The van der Waals surface area contributed by atoms with Crippen LogP contribution in [-0.2, 0) is 24.1 Å². The van der Waals surface area contributed by atoms with Crippen molar-refractivity contribution in [3.05, 3.63) is 51.2 Å². The van der Waals surface area contributed by atoms with Crippen LogP contribution in [0.3, 0.4) is 0 Å². The molecule has 30 heavy (non-hydrogen) atoms. The second-order valence-corrected chi connectivity index (χ2v) is 9.32. The predicted octanol–water partition coefficient (Wildman–Crippen LogP) is 3.76. The van der Waals surface area contributed by atoms with Crippen molar-refractivity contribution in [1.82, 2.24) is 15.2 Å². The highest BCUT2D eigenvalue weighted by molar-refractivity contribution is 7.11. The summed E-state index contributed by atoms with van der Waals surface area (Å²) in [6, 6.07) is 5.62. The number of hydrogen-bond donors (Lipinski definition) is 1. The summed E-state index contributed by atoms with van der Waals surface area (Å²) in [6.07, 6.45) is 7.97. The minimum absolute atomic E-state index is 0.0468. The molecule has 1 aromatic carbocycles. The highest BCUT2D eigenvalue weighted by Gasteiger charge is 2.27. The van der Waals surface area contributed by atoms with Crippen molar-refractivity contribution in [3.8, 4) is 0 Å². The molecule has 2 aromatic rings. The number of amides is 2. The van der Waals surface area contributed by atoms with Crippen LogP contribution in [0.1, 0.15) is 58.0 Å². The van der Waals surface area contributed by atoms with Gasteiger partial charge in [0.25, 0.3) is 5.91 Å². The molecular weight excluding hydrogens is 401 g/mol. The number of aromatic nitrogens is 1. The van der Waals surface area contributed by atoms with Gasteiger partial charge in [-0.25, -0.2) is 9.37 Å². The van der Waals surface area contributed by atoms with Crippen molar-refractivity contribution in [2.24, 2.45) is 5.92 Å². The number of carbonyl (C=O) groups excluding carboxylic acids is 2. The predicted molar refractivity (Wildman–Crippen MR) is 115 cm³/mol. The van der Waals surface area contributed by atoms with E-state index in [0.717, 1.165) is 19.3 Å². The lowest BCUT2D eigenvalue weighted by atomic mass is 9.95. The molecular formula is C23H28FN3O2S. The standard InChI is InChI=1S/C23H28FN3O2S/c24-18-9-7-17(8-10-18)23(29)27-14-11-16(12-15-27)22(28)25-13-3-6-21-26-19-4-1-2-5-20(19)30-21/h7-10,16H,1-6,11-15H2,(H,25,28). The number of piperidine rings is 1. The normalized spacial score (nSPS) is 16.9. The third-order valence-electron chi connectivity index (χ3n) is 6.00. The van der Waals surface area contributed by atoms with E-state index in [-0.39, 0.29) is 23.5 Å². The summed E-state index contributed by atoms with van der Waals surface area (Å²) in [4.78, 5) is 33.0. The molecule has 1 aliphatic carbocycles. The van der Waals surface area contributed by atoms with Gasteiger partial charge in [-0.15, -0.1) is 11.3 Å². The molecule has 1 saturated heterocycles. The quantitative estimate of drug-likeness (QED) is 0.711. The molecule has 4 rings (SSSR count). The second kappa shape index (κ2) is 9.69. The van der Waals surface area contributed by atoms with Gasteiger partial charge in [0.05, 0.1) is 10.7 Å². The number of hydrogen-bond acceptors (Lipinski definition) is 4. The van der Waals surface area contributed by atoms with Gasteiger partial charge in [0.2, 0.25) is 5.91 Å². The Morgan fingerprint density at radius 3 is 2.60 bits per heavy atom. The first kappa shape index (κ1) is 21.0. The zero-order valence-corrected chi connectivity index (χ0v) is 18.0. The Bertz CT molecular complexity index is 865. The summed E-state index contributed by atoms with van der Waals surface area (Å²) >= 11 is 1.84. The van der Waals surface area contributed by atoms with E-state index < -0.39 is 0 Å². The van der Waals surface area contributed by atoms with Crippen LogP contribution in [0.5, 0.6) is 0 Å². The van der Waals surface area contributed by atoms with Crippen LogP contribution >= 0.6 is 11.3 Å². The molecule has 2 heterocycles. The number of carbonyl (C=O) groups is 2. The molecule has 2 aliphatic rings. The molecule has 1 aliphatic heterocycles. The first-order valence-electron chi connectivity index (χ1n) is 10.9. The largest absolute Gasteiger partial charge is 0.356 e. The van der Waals surface area contributed by atoms with Crippen molar-refractivity contribution >= 4 is 23.2 Å². The van der Waals surface area contributed by atoms with E-state index >= 15 is 0 Å². The van der Waals surface area contributed by atoms with Gasteiger partial charge < -0.3 is 10.2 Å². The number of thiazole rings is 1. The summed E-state index contributed by atoms with van der Waals surface area (Å²) in [5.41, 5.74) is 1.79. The van der Waals surface area contributed by atoms with Gasteiger partial charge in [0.15, 0.2) is 0 Å². The number of likely N-dealkylation sites (tertiary alicyclic amines) is 1. The molecule has 1 fully saturated rings. The number of aryl methyl sites for hydroxylation is 3. The maximum atomic E-state index is 13.0. The lowest BCUT2D eigenvalue weighted by molar-refractivity contribution is -0.126. The topological polar surface area (TPSA) is 62.3 Å². The highest BCUT2D eigenvalue weighted by atomic mass is 32.1. The summed E-state index contributed by atoms with van der Waals surface area (Å²) in [7, 11) is 0. The Kier molecular flexibility index (Phi) is 6.77. The number of nitrogens with one attached hydrogen (secondary N) is 1. The second-order valence-electron chi connectivity index (χ2n) is 8.15. The summed E-state index contributed by atoms with van der Waals surface area (Å²) < 4.78 is 13.0. The number of rotatable bonds is 6. The number of fused-ring (bicyclic) bond motifs is 1. The Labute approximate surface area is 180 Å². The van der Waals surface area contributed by atoms with Crippen LogP contribution in [0.4, 0.5) is 4.39 Å². The van der Waals surface area contributed by atoms with Gasteiger partial charge in [0, 0.05) is 42.4 Å². The zero-order valence-electron chi connectivity index (χ0n) is 17.2. The minimum Gasteiger partial charge on any atom is -0.356 e. The van der Waals surface area contributed by atoms with Crippen LogP contribution in [0.15, 0.2) is 24.3 Å². The van der Waals surface area contributed by atoms with E-state index in [0.29, 0.717) is 38.0 Å². The third kappa shape index (κ3) is 5.06. The maximum absolute atomic E-state index is 13.0. The summed E-state index contributed by atoms with van der Waals surface area (Å²) in [6.45, 7) is 1.77. The molecule has 1 aromatic heterocycles. The summed E-state index contributed by atoms with van der Waals surface area (Å²) in [5.74, 6) is -0.409. The molecule has 160 valence electrons. The smallest absolute Gasteiger partial charge is 0.253 e. The first-order valence-corrected chi connectivity index (χ1v) is 11.7. The first-order chi connectivity index (χ1) is 14.6. The van der Waals surface area contributed by atoms with Crippen LogP contribution < -0.4 is 5.32 Å². The fourth-order valence-corrected chi connectivity index (χ4v) is 5.43. The zero-order chi connectivity index (χ0) is 20.9. The van der Waals surface area contributed by atoms with E-state index in [2.05, 4.69) is 5.32 Å². The molecule has 0 atom stereocenters. The molecule has 0 saturated carbocycles. The van der Waals surface area contributed by atoms with E-state index in [1.165, 1.54) is 59.1 Å². The minimum atomic E-state index is -0.351. The molecule has 5 nitrogen and oxygen atoms in total. The van der Waals surface area contributed by atoms with Crippen molar-refractivity contribution in [2.45, 2.75) is 51.4 Å². The third-order valence-corrected chi connectivity index (χ3v) is 7.22. The molecule has 7 heteroatoms. The molecule has 0 bridgehead atoms. The monoisotopic (exact) mass is 429 g/mol. The Balaban J connectivity index is 1.17. The Hall–Kier alpha value is -2.28. The van der Waals surface area contributed by atoms with Gasteiger partial charge >= 0.3 is 0 Å². The van der Waals surface area contributed by atoms with Crippen molar-refractivity contribution < 1.29 is 14.0 Å². The van der Waals surface area contributed by atoms with E-state index in [4.69, 9.17) is 4.98 Å². The number of halogens is 1. The fourth-order valence-electron chi connectivity index (χ4n) is 4.23. The van der Waals surface area contributed by atoms with E-state index in [9.17, 15) is 14.0 Å². The maximum Gasteiger partial charge on any atom is 0.253 e. The fraction of sp³-hybridized carbons (Fsp3) is 0.522. The van der Waals surface area contributed by atoms with Crippen LogP contribution in [0.2, 0.25) is 0 Å². The molecule has 1 N–H and O–H groups in total. The average Bonchev–Trinajstić information content (AvgIpc) is 3.19. The highest BCUT2D eigenvalue weighted by Crippen LogP contribution is 2.27. The van der Waals surface area contributed by atoms with Crippen molar-refractivity contribution in [3.63, 3.8) is 0 Å².